The molecule has 1 aliphatic heterocycles. The van der Waals surface area contributed by atoms with E-state index in [0.29, 0.717) is 5.76 Å². The van der Waals surface area contributed by atoms with E-state index in [1.807, 2.05) is 0 Å². The van der Waals surface area contributed by atoms with Gasteiger partial charge in [-0.15, -0.1) is 0 Å². The molecule has 3 rings (SSSR count). The van der Waals surface area contributed by atoms with Crippen LogP contribution in [0.4, 0.5) is 15.0 Å². The highest BCUT2D eigenvalue weighted by atomic mass is 19.1. The normalized spacial score (nSPS) is 19.6. The molecule has 1 aliphatic rings. The van der Waals surface area contributed by atoms with Gasteiger partial charge >= 0.3 is 6.03 Å². The summed E-state index contributed by atoms with van der Waals surface area (Å²) in [5.74, 6) is -0.850. The predicted octanol–water partition coefficient (Wildman–Crippen LogP) is 1.92. The molecule has 2 heterocycles. The van der Waals surface area contributed by atoms with E-state index in [0.717, 1.165) is 4.90 Å². The van der Waals surface area contributed by atoms with E-state index in [2.05, 4.69) is 15.8 Å². The molecule has 26 heavy (non-hydrogen) atoms. The number of amides is 4. The number of anilines is 1. The summed E-state index contributed by atoms with van der Waals surface area (Å²) in [6.07, 6.45) is -0.127. The number of imide groups is 1. The number of hydrogen-bond acceptors (Lipinski definition) is 5. The Kier molecular flexibility index (Phi) is 4.45. The molecule has 4 amide bonds. The molecule has 0 radical (unpaired) electrons. The Hall–Kier alpha value is -3.23. The van der Waals surface area contributed by atoms with Gasteiger partial charge in [0.1, 0.15) is 17.1 Å². The fourth-order valence-corrected chi connectivity index (χ4v) is 2.79. The lowest BCUT2D eigenvalue weighted by Gasteiger charge is -2.22. The third kappa shape index (κ3) is 3.15. The number of urea groups is 1. The molecule has 1 unspecified atom stereocenters. The molecule has 136 valence electrons. The Labute approximate surface area is 148 Å². The number of benzene rings is 1. The summed E-state index contributed by atoms with van der Waals surface area (Å²) in [6.45, 7) is 2.97. The first kappa shape index (κ1) is 17.6. The zero-order valence-electron chi connectivity index (χ0n) is 14.2. The van der Waals surface area contributed by atoms with Crippen molar-refractivity contribution in [2.24, 2.45) is 0 Å². The van der Waals surface area contributed by atoms with Crippen molar-refractivity contribution in [3.8, 4) is 0 Å². The van der Waals surface area contributed by atoms with Crippen molar-refractivity contribution in [2.45, 2.75) is 25.8 Å². The van der Waals surface area contributed by atoms with Crippen LogP contribution in [-0.4, -0.2) is 34.4 Å². The Morgan fingerprint density at radius 1 is 1.38 bits per heavy atom. The molecule has 0 bridgehead atoms. The quantitative estimate of drug-likeness (QED) is 0.793. The van der Waals surface area contributed by atoms with Crippen LogP contribution in [0.1, 0.15) is 24.7 Å². The van der Waals surface area contributed by atoms with Crippen LogP contribution < -0.4 is 10.6 Å². The number of halogens is 1. The highest BCUT2D eigenvalue weighted by molar-refractivity contribution is 6.07. The zero-order valence-corrected chi connectivity index (χ0v) is 14.2. The summed E-state index contributed by atoms with van der Waals surface area (Å²) < 4.78 is 18.9. The van der Waals surface area contributed by atoms with Crippen LogP contribution in [0.15, 0.2) is 34.9 Å². The van der Waals surface area contributed by atoms with E-state index in [9.17, 15) is 18.8 Å². The Morgan fingerprint density at radius 3 is 2.77 bits per heavy atom. The maximum Gasteiger partial charge on any atom is 0.325 e. The van der Waals surface area contributed by atoms with Crippen LogP contribution >= 0.6 is 0 Å². The average molecular weight is 360 g/mol. The molecule has 9 heteroatoms. The largest absolute Gasteiger partial charge is 0.360 e. The number of carbonyl (C=O) groups excluding carboxylic acids is 3. The third-order valence-electron chi connectivity index (χ3n) is 4.15. The molecule has 0 aliphatic carbocycles. The molecule has 8 nitrogen and oxygen atoms in total. The zero-order chi connectivity index (χ0) is 18.9. The van der Waals surface area contributed by atoms with Gasteiger partial charge in [-0.25, -0.2) is 9.18 Å². The van der Waals surface area contributed by atoms with Gasteiger partial charge < -0.3 is 15.2 Å². The van der Waals surface area contributed by atoms with E-state index >= 15 is 0 Å². The molecular weight excluding hydrogens is 343 g/mol. The second kappa shape index (κ2) is 6.58. The van der Waals surface area contributed by atoms with E-state index in [-0.39, 0.29) is 24.3 Å². The molecule has 2 N–H and O–H groups in total. The van der Waals surface area contributed by atoms with E-state index < -0.39 is 29.2 Å². The lowest BCUT2D eigenvalue weighted by Crippen LogP contribution is -2.41. The third-order valence-corrected chi connectivity index (χ3v) is 4.15. The summed E-state index contributed by atoms with van der Waals surface area (Å²) in [7, 11) is 0. The van der Waals surface area contributed by atoms with Gasteiger partial charge in [-0.05, 0) is 19.9 Å². The minimum atomic E-state index is -1.51. The number of carbonyl (C=O) groups is 3. The Balaban J connectivity index is 1.68. The Morgan fingerprint density at radius 2 is 2.12 bits per heavy atom. The number of aromatic nitrogens is 1. The second-order valence-corrected chi connectivity index (χ2v) is 6.11. The van der Waals surface area contributed by atoms with Gasteiger partial charge in [-0.1, -0.05) is 23.4 Å². The first-order valence-corrected chi connectivity index (χ1v) is 7.93. The molecule has 1 fully saturated rings. The molecule has 1 aromatic heterocycles. The number of hydrogen-bond donors (Lipinski definition) is 2. The lowest BCUT2D eigenvalue weighted by molar-refractivity contribution is -0.131. The molecule has 1 atom stereocenters. The van der Waals surface area contributed by atoms with Crippen LogP contribution in [0.5, 0.6) is 0 Å². The Bertz CT molecular complexity index is 881. The monoisotopic (exact) mass is 360 g/mol. The van der Waals surface area contributed by atoms with Crippen molar-refractivity contribution in [3.63, 3.8) is 0 Å². The van der Waals surface area contributed by atoms with Crippen molar-refractivity contribution < 1.29 is 23.3 Å². The van der Waals surface area contributed by atoms with Gasteiger partial charge in [0, 0.05) is 24.6 Å². The maximum atomic E-state index is 14.1. The number of nitrogens with one attached hydrogen (secondary N) is 2. The molecule has 2 aromatic rings. The van der Waals surface area contributed by atoms with Crippen LogP contribution in [0, 0.1) is 12.7 Å². The number of nitrogens with zero attached hydrogens (tertiary/aromatic N) is 2. The number of aryl methyl sites for hydroxylation is 1. The first-order chi connectivity index (χ1) is 12.3. The number of rotatable bonds is 5. The SMILES string of the molecule is Cc1cc(NC(=O)CCN2C(=O)NC(C)(c3ccccc3F)C2=O)no1. The van der Waals surface area contributed by atoms with Crippen molar-refractivity contribution in [2.75, 3.05) is 11.9 Å². The van der Waals surface area contributed by atoms with Crippen LogP contribution in [0.2, 0.25) is 0 Å². The standard InChI is InChI=1S/C17H17FN4O4/c1-10-9-13(21-26-10)19-14(23)7-8-22-15(24)17(2,20-16(22)25)11-5-3-4-6-12(11)18/h3-6,9H,7-8H2,1-2H3,(H,20,25)(H,19,21,23). The van der Waals surface area contributed by atoms with Gasteiger partial charge in [-0.3, -0.25) is 14.5 Å². The molecule has 0 saturated carbocycles. The minimum Gasteiger partial charge on any atom is -0.360 e. The van der Waals surface area contributed by atoms with Gasteiger partial charge in [0.25, 0.3) is 5.91 Å². The average Bonchev–Trinajstić information content (AvgIpc) is 3.08. The summed E-state index contributed by atoms with van der Waals surface area (Å²) >= 11 is 0. The first-order valence-electron chi connectivity index (χ1n) is 7.93. The van der Waals surface area contributed by atoms with Crippen LogP contribution in [0.25, 0.3) is 0 Å². The smallest absolute Gasteiger partial charge is 0.325 e. The van der Waals surface area contributed by atoms with E-state index in [4.69, 9.17) is 4.52 Å². The van der Waals surface area contributed by atoms with E-state index in [1.165, 1.54) is 25.1 Å². The summed E-state index contributed by atoms with van der Waals surface area (Å²) in [5.41, 5.74) is -1.44. The van der Waals surface area contributed by atoms with Crippen molar-refractivity contribution in [3.05, 3.63) is 47.5 Å². The van der Waals surface area contributed by atoms with Gasteiger partial charge in [0.2, 0.25) is 5.91 Å². The van der Waals surface area contributed by atoms with Crippen LogP contribution in [0.3, 0.4) is 0 Å². The van der Waals surface area contributed by atoms with Crippen molar-refractivity contribution in [1.29, 1.82) is 0 Å². The highest BCUT2D eigenvalue weighted by Crippen LogP contribution is 2.30. The lowest BCUT2D eigenvalue weighted by atomic mass is 9.91. The fraction of sp³-hybridized carbons (Fsp3) is 0.294. The molecular formula is C17H17FN4O4. The molecule has 1 aromatic carbocycles. The predicted molar refractivity (Wildman–Crippen MR) is 88.5 cm³/mol. The van der Waals surface area contributed by atoms with Gasteiger partial charge in [0.05, 0.1) is 0 Å². The van der Waals surface area contributed by atoms with Crippen molar-refractivity contribution in [1.82, 2.24) is 15.4 Å². The summed E-state index contributed by atoms with van der Waals surface area (Å²) in [4.78, 5) is 37.7. The molecule has 0 spiro atoms. The maximum absolute atomic E-state index is 14.1. The van der Waals surface area contributed by atoms with Gasteiger partial charge in [-0.2, -0.15) is 0 Å². The minimum absolute atomic E-state index is 0.0726. The highest BCUT2D eigenvalue weighted by Gasteiger charge is 2.50. The molecule has 1 saturated heterocycles. The summed E-state index contributed by atoms with van der Waals surface area (Å²) in [5, 5.41) is 8.64. The second-order valence-electron chi connectivity index (χ2n) is 6.11. The van der Waals surface area contributed by atoms with Gasteiger partial charge in [0.15, 0.2) is 5.82 Å². The van der Waals surface area contributed by atoms with Crippen LogP contribution in [-0.2, 0) is 15.1 Å². The fourth-order valence-electron chi connectivity index (χ4n) is 2.79. The summed E-state index contributed by atoms with van der Waals surface area (Å²) in [6, 6.07) is 6.61. The van der Waals surface area contributed by atoms with Crippen molar-refractivity contribution >= 4 is 23.7 Å². The van der Waals surface area contributed by atoms with E-state index in [1.54, 1.807) is 19.1 Å². The topological polar surface area (TPSA) is 105 Å².